The van der Waals surface area contributed by atoms with Crippen LogP contribution >= 0.6 is 0 Å². The second kappa shape index (κ2) is 3.54. The summed E-state index contributed by atoms with van der Waals surface area (Å²) in [6, 6.07) is 4.18. The molecule has 0 atom stereocenters. The van der Waals surface area contributed by atoms with E-state index in [1.165, 1.54) is 0 Å². The molecule has 0 amide bonds. The Morgan fingerprint density at radius 1 is 1.05 bits per heavy atom. The first-order valence-corrected chi connectivity index (χ1v) is 6.64. The lowest BCUT2D eigenvalue weighted by Gasteiger charge is -1.97. The van der Waals surface area contributed by atoms with Gasteiger partial charge < -0.3 is 9.55 Å². The van der Waals surface area contributed by atoms with Gasteiger partial charge in [-0.05, 0) is 12.1 Å². The van der Waals surface area contributed by atoms with Gasteiger partial charge in [-0.25, -0.2) is 15.0 Å². The summed E-state index contributed by atoms with van der Waals surface area (Å²) in [5, 5.41) is 3.22. The molecule has 0 aliphatic heterocycles. The molecule has 0 aliphatic carbocycles. The highest BCUT2D eigenvalue weighted by molar-refractivity contribution is 6.22. The van der Waals surface area contributed by atoms with Crippen LogP contribution in [0.4, 0.5) is 0 Å². The number of hydrogen-bond donors (Lipinski definition) is 1. The summed E-state index contributed by atoms with van der Waals surface area (Å²) in [6.45, 7) is 0. The molecule has 21 heavy (non-hydrogen) atoms. The number of H-pyrrole nitrogens is 1. The quantitative estimate of drug-likeness (QED) is 0.471. The van der Waals surface area contributed by atoms with E-state index in [0.29, 0.717) is 0 Å². The van der Waals surface area contributed by atoms with Gasteiger partial charge in [0.25, 0.3) is 0 Å². The Hall–Kier alpha value is -3.02. The van der Waals surface area contributed by atoms with Gasteiger partial charge in [-0.3, -0.25) is 4.98 Å². The van der Waals surface area contributed by atoms with Crippen molar-refractivity contribution in [2.24, 2.45) is 7.05 Å². The highest BCUT2D eigenvalue weighted by atomic mass is 15.0. The van der Waals surface area contributed by atoms with Gasteiger partial charge in [-0.15, -0.1) is 0 Å². The zero-order chi connectivity index (χ0) is 14.0. The molecule has 6 heteroatoms. The predicted molar refractivity (Wildman–Crippen MR) is 81.0 cm³/mol. The summed E-state index contributed by atoms with van der Waals surface area (Å²) in [6.07, 6.45) is 6.84. The smallest absolute Gasteiger partial charge is 0.157 e. The van der Waals surface area contributed by atoms with E-state index in [0.717, 1.165) is 44.0 Å². The number of aryl methyl sites for hydroxylation is 1. The molecule has 1 aromatic carbocycles. The van der Waals surface area contributed by atoms with Gasteiger partial charge in [-0.2, -0.15) is 0 Å². The van der Waals surface area contributed by atoms with Crippen molar-refractivity contribution in [3.05, 3.63) is 37.1 Å². The number of rotatable bonds is 0. The average molecular weight is 274 g/mol. The van der Waals surface area contributed by atoms with Crippen LogP contribution in [0.25, 0.3) is 44.0 Å². The van der Waals surface area contributed by atoms with Gasteiger partial charge in [0, 0.05) is 41.8 Å². The van der Waals surface area contributed by atoms with Crippen molar-refractivity contribution in [2.45, 2.75) is 0 Å². The molecule has 4 aromatic heterocycles. The molecule has 0 saturated heterocycles. The van der Waals surface area contributed by atoms with Crippen molar-refractivity contribution in [1.82, 2.24) is 29.5 Å². The normalized spacial score (nSPS) is 12.0. The second-order valence-corrected chi connectivity index (χ2v) is 5.08. The minimum atomic E-state index is 0.800. The summed E-state index contributed by atoms with van der Waals surface area (Å²) >= 11 is 0. The monoisotopic (exact) mass is 274 g/mol. The van der Waals surface area contributed by atoms with E-state index in [9.17, 15) is 0 Å². The van der Waals surface area contributed by atoms with Crippen LogP contribution in [0.15, 0.2) is 37.1 Å². The van der Waals surface area contributed by atoms with E-state index in [4.69, 9.17) is 0 Å². The highest BCUT2D eigenvalue weighted by Crippen LogP contribution is 2.34. The SMILES string of the molecule is Cn1c2ccc3c4nccnc4[nH]c3c2c2cncnc21. The number of hydrogen-bond acceptors (Lipinski definition) is 4. The largest absolute Gasteiger partial charge is 0.337 e. The van der Waals surface area contributed by atoms with Crippen LogP contribution in [-0.2, 0) is 7.05 Å². The molecule has 0 radical (unpaired) electrons. The molecule has 0 fully saturated rings. The number of aromatic nitrogens is 6. The Kier molecular flexibility index (Phi) is 1.81. The van der Waals surface area contributed by atoms with Crippen molar-refractivity contribution in [3.8, 4) is 0 Å². The number of fused-ring (bicyclic) bond motifs is 7. The van der Waals surface area contributed by atoms with Gasteiger partial charge >= 0.3 is 0 Å². The van der Waals surface area contributed by atoms with Gasteiger partial charge in [0.15, 0.2) is 5.65 Å². The molecule has 6 nitrogen and oxygen atoms in total. The summed E-state index contributed by atoms with van der Waals surface area (Å²) in [4.78, 5) is 20.7. The van der Waals surface area contributed by atoms with E-state index >= 15 is 0 Å². The van der Waals surface area contributed by atoms with Crippen molar-refractivity contribution < 1.29 is 0 Å². The minimum absolute atomic E-state index is 0.800. The second-order valence-electron chi connectivity index (χ2n) is 5.08. The zero-order valence-corrected chi connectivity index (χ0v) is 11.2. The number of nitrogens with one attached hydrogen (secondary N) is 1. The first kappa shape index (κ1) is 10.7. The average Bonchev–Trinajstić information content (AvgIpc) is 3.04. The standard InChI is InChI=1S/C15H10N6/c1-21-10-3-2-8-12(20-14-13(8)17-4-5-18-14)11(10)9-6-16-7-19-15(9)21/h2-7H,1H3,(H,18,20). The third kappa shape index (κ3) is 1.22. The molecule has 5 rings (SSSR count). The molecule has 4 heterocycles. The van der Waals surface area contributed by atoms with Crippen molar-refractivity contribution in [1.29, 1.82) is 0 Å². The van der Waals surface area contributed by atoms with Gasteiger partial charge in [-0.1, -0.05) is 0 Å². The summed E-state index contributed by atoms with van der Waals surface area (Å²) in [5.41, 5.74) is 4.77. The topological polar surface area (TPSA) is 72.3 Å². The molecule has 0 saturated carbocycles. The summed E-state index contributed by atoms with van der Waals surface area (Å²) in [7, 11) is 2.02. The van der Waals surface area contributed by atoms with Crippen LogP contribution < -0.4 is 0 Å². The maximum Gasteiger partial charge on any atom is 0.157 e. The molecule has 0 spiro atoms. The highest BCUT2D eigenvalue weighted by Gasteiger charge is 2.15. The van der Waals surface area contributed by atoms with E-state index in [-0.39, 0.29) is 0 Å². The molecular formula is C15H10N6. The lowest BCUT2D eigenvalue weighted by atomic mass is 10.1. The Morgan fingerprint density at radius 3 is 2.90 bits per heavy atom. The Morgan fingerprint density at radius 2 is 1.95 bits per heavy atom. The Labute approximate surface area is 118 Å². The third-order valence-electron chi connectivity index (χ3n) is 4.02. The van der Waals surface area contributed by atoms with E-state index in [1.54, 1.807) is 18.7 Å². The van der Waals surface area contributed by atoms with Crippen LogP contribution in [0.1, 0.15) is 0 Å². The molecule has 0 aliphatic rings. The fourth-order valence-electron chi connectivity index (χ4n) is 3.10. The number of aromatic amines is 1. The van der Waals surface area contributed by atoms with Crippen molar-refractivity contribution in [3.63, 3.8) is 0 Å². The molecule has 1 N–H and O–H groups in total. The molecule has 100 valence electrons. The van der Waals surface area contributed by atoms with Crippen LogP contribution in [0.3, 0.4) is 0 Å². The van der Waals surface area contributed by atoms with E-state index in [2.05, 4.69) is 41.6 Å². The zero-order valence-electron chi connectivity index (χ0n) is 11.2. The predicted octanol–water partition coefficient (Wildman–Crippen LogP) is 2.55. The van der Waals surface area contributed by atoms with Crippen molar-refractivity contribution >= 4 is 44.0 Å². The van der Waals surface area contributed by atoms with Crippen LogP contribution in [0.2, 0.25) is 0 Å². The fourth-order valence-corrected chi connectivity index (χ4v) is 3.10. The first-order chi connectivity index (χ1) is 10.3. The summed E-state index contributed by atoms with van der Waals surface area (Å²) in [5.74, 6) is 0. The van der Waals surface area contributed by atoms with Crippen molar-refractivity contribution in [2.75, 3.05) is 0 Å². The Balaban J connectivity index is 2.16. The summed E-state index contributed by atoms with van der Waals surface area (Å²) < 4.78 is 2.08. The lowest BCUT2D eigenvalue weighted by molar-refractivity contribution is 0.982. The number of nitrogens with zero attached hydrogens (tertiary/aromatic N) is 5. The van der Waals surface area contributed by atoms with E-state index < -0.39 is 0 Å². The molecule has 0 unspecified atom stereocenters. The van der Waals surface area contributed by atoms with Gasteiger partial charge in [0.1, 0.15) is 17.5 Å². The maximum absolute atomic E-state index is 4.43. The molecule has 0 bridgehead atoms. The number of benzene rings is 1. The lowest BCUT2D eigenvalue weighted by Crippen LogP contribution is -1.88. The third-order valence-corrected chi connectivity index (χ3v) is 4.02. The molecule has 5 aromatic rings. The van der Waals surface area contributed by atoms with Crippen LogP contribution in [-0.4, -0.2) is 29.5 Å². The molecular weight excluding hydrogens is 264 g/mol. The fraction of sp³-hybridized carbons (Fsp3) is 0.0667. The maximum atomic E-state index is 4.43. The van der Waals surface area contributed by atoms with Gasteiger partial charge in [0.05, 0.1) is 11.0 Å². The van der Waals surface area contributed by atoms with E-state index in [1.807, 2.05) is 13.2 Å². The first-order valence-electron chi connectivity index (χ1n) is 6.64. The van der Waals surface area contributed by atoms with Gasteiger partial charge in [0.2, 0.25) is 0 Å². The van der Waals surface area contributed by atoms with Crippen LogP contribution in [0, 0.1) is 0 Å². The van der Waals surface area contributed by atoms with Crippen LogP contribution in [0.5, 0.6) is 0 Å². The Bertz CT molecular complexity index is 1150. The minimum Gasteiger partial charge on any atom is -0.337 e.